The first kappa shape index (κ1) is 12.2. The molecule has 1 N–H and O–H groups in total. The maximum Gasteiger partial charge on any atom is 0.0595 e. The van der Waals surface area contributed by atoms with Gasteiger partial charge in [-0.3, -0.25) is 4.90 Å². The molecule has 1 saturated heterocycles. The summed E-state index contributed by atoms with van der Waals surface area (Å²) in [5.41, 5.74) is 1.21. The Balaban J connectivity index is 1.99. The molecule has 0 spiro atoms. The second kappa shape index (κ2) is 5.37. The molecule has 0 saturated carbocycles. The predicted octanol–water partition coefficient (Wildman–Crippen LogP) is 2.79. The number of nitrogens with one attached hydrogen (secondary N) is 1. The van der Waals surface area contributed by atoms with Crippen molar-refractivity contribution in [3.05, 3.63) is 33.8 Å². The van der Waals surface area contributed by atoms with Gasteiger partial charge in [-0.15, -0.1) is 0 Å². The summed E-state index contributed by atoms with van der Waals surface area (Å²) in [6.45, 7) is 3.12. The summed E-state index contributed by atoms with van der Waals surface area (Å²) in [5, 5.41) is 4.63. The van der Waals surface area contributed by atoms with Crippen LogP contribution in [0.3, 0.4) is 0 Å². The van der Waals surface area contributed by atoms with Crippen LogP contribution >= 0.6 is 23.2 Å². The van der Waals surface area contributed by atoms with Crippen LogP contribution in [0.2, 0.25) is 10.0 Å². The minimum atomic E-state index is 0.621. The van der Waals surface area contributed by atoms with Crippen molar-refractivity contribution < 1.29 is 0 Å². The number of rotatable bonds is 3. The molecule has 0 aliphatic carbocycles. The highest BCUT2D eigenvalue weighted by molar-refractivity contribution is 6.42. The lowest BCUT2D eigenvalue weighted by atomic mass is 10.1. The molecule has 1 fully saturated rings. The van der Waals surface area contributed by atoms with Crippen molar-refractivity contribution >= 4 is 23.2 Å². The summed E-state index contributed by atoms with van der Waals surface area (Å²) in [7, 11) is 2.15. The molecular weight excluding hydrogens is 243 g/mol. The van der Waals surface area contributed by atoms with Gasteiger partial charge < -0.3 is 5.32 Å². The Morgan fingerprint density at radius 2 is 2.19 bits per heavy atom. The van der Waals surface area contributed by atoms with Crippen LogP contribution in [0.15, 0.2) is 18.2 Å². The van der Waals surface area contributed by atoms with Crippen LogP contribution in [0.4, 0.5) is 0 Å². The van der Waals surface area contributed by atoms with Crippen molar-refractivity contribution in [3.63, 3.8) is 0 Å². The fourth-order valence-corrected chi connectivity index (χ4v) is 2.39. The fraction of sp³-hybridized carbons (Fsp3) is 0.500. The van der Waals surface area contributed by atoms with Crippen LogP contribution in [-0.2, 0) is 6.54 Å². The van der Waals surface area contributed by atoms with Crippen LogP contribution in [0.25, 0.3) is 0 Å². The smallest absolute Gasteiger partial charge is 0.0595 e. The van der Waals surface area contributed by atoms with Crippen LogP contribution < -0.4 is 5.32 Å². The van der Waals surface area contributed by atoms with Gasteiger partial charge in [-0.1, -0.05) is 29.3 Å². The molecule has 2 nitrogen and oxygen atoms in total. The average Bonchev–Trinajstić information content (AvgIpc) is 2.77. The lowest BCUT2D eigenvalue weighted by Crippen LogP contribution is -2.32. The average molecular weight is 259 g/mol. The third-order valence-corrected chi connectivity index (χ3v) is 3.81. The highest BCUT2D eigenvalue weighted by Crippen LogP contribution is 2.23. The zero-order valence-corrected chi connectivity index (χ0v) is 10.9. The zero-order valence-electron chi connectivity index (χ0n) is 9.34. The molecule has 0 aromatic heterocycles. The molecule has 4 heteroatoms. The van der Waals surface area contributed by atoms with Crippen molar-refractivity contribution in [2.24, 2.45) is 0 Å². The second-order valence-electron chi connectivity index (χ2n) is 4.31. The first-order valence-electron chi connectivity index (χ1n) is 5.51. The van der Waals surface area contributed by atoms with E-state index in [0.29, 0.717) is 16.1 Å². The van der Waals surface area contributed by atoms with Gasteiger partial charge in [0.2, 0.25) is 0 Å². The minimum Gasteiger partial charge on any atom is -0.315 e. The van der Waals surface area contributed by atoms with Gasteiger partial charge >= 0.3 is 0 Å². The van der Waals surface area contributed by atoms with E-state index in [0.717, 1.165) is 19.6 Å². The summed E-state index contributed by atoms with van der Waals surface area (Å²) in [6.07, 6.45) is 1.22. The maximum absolute atomic E-state index is 5.99. The monoisotopic (exact) mass is 258 g/mol. The van der Waals surface area contributed by atoms with Gasteiger partial charge in [-0.05, 0) is 37.7 Å². The third-order valence-electron chi connectivity index (χ3n) is 3.07. The topological polar surface area (TPSA) is 15.3 Å². The molecule has 1 aliphatic rings. The number of halogens is 2. The SMILES string of the molecule is CN(Cc1ccc(Cl)c(Cl)c1)[C@H]1CCNC1. The molecule has 1 heterocycles. The predicted molar refractivity (Wildman–Crippen MR) is 69.2 cm³/mol. The summed E-state index contributed by atoms with van der Waals surface area (Å²) in [5.74, 6) is 0. The Kier molecular flexibility index (Phi) is 4.09. The van der Waals surface area contributed by atoms with Crippen LogP contribution in [0.5, 0.6) is 0 Å². The first-order chi connectivity index (χ1) is 7.66. The summed E-state index contributed by atoms with van der Waals surface area (Å²) in [6, 6.07) is 6.48. The van der Waals surface area contributed by atoms with Crippen LogP contribution in [0.1, 0.15) is 12.0 Å². The molecule has 2 rings (SSSR count). The molecule has 1 aliphatic heterocycles. The van der Waals surface area contributed by atoms with E-state index in [1.54, 1.807) is 0 Å². The standard InChI is InChI=1S/C12H16Cl2N2/c1-16(10-4-5-15-7-10)8-9-2-3-11(13)12(14)6-9/h2-3,6,10,15H,4-5,7-8H2,1H3/t10-/m0/s1. The van der Waals surface area contributed by atoms with E-state index in [1.165, 1.54) is 12.0 Å². The Morgan fingerprint density at radius 1 is 1.38 bits per heavy atom. The van der Waals surface area contributed by atoms with Gasteiger partial charge in [0.15, 0.2) is 0 Å². The molecule has 0 amide bonds. The van der Waals surface area contributed by atoms with E-state index in [2.05, 4.69) is 17.3 Å². The summed E-state index contributed by atoms with van der Waals surface area (Å²) < 4.78 is 0. The van der Waals surface area contributed by atoms with E-state index < -0.39 is 0 Å². The van der Waals surface area contributed by atoms with Gasteiger partial charge in [-0.2, -0.15) is 0 Å². The van der Waals surface area contributed by atoms with Gasteiger partial charge in [0.05, 0.1) is 10.0 Å². The molecule has 0 radical (unpaired) electrons. The molecular formula is C12H16Cl2N2. The number of benzene rings is 1. The molecule has 16 heavy (non-hydrogen) atoms. The first-order valence-corrected chi connectivity index (χ1v) is 6.27. The summed E-state index contributed by atoms with van der Waals surface area (Å²) >= 11 is 11.9. The number of likely N-dealkylation sites (N-methyl/N-ethyl adjacent to an activating group) is 1. The number of hydrogen-bond acceptors (Lipinski definition) is 2. The van der Waals surface area contributed by atoms with Crippen molar-refractivity contribution in [1.82, 2.24) is 10.2 Å². The van der Waals surface area contributed by atoms with Crippen molar-refractivity contribution in [2.75, 3.05) is 20.1 Å². The van der Waals surface area contributed by atoms with E-state index in [-0.39, 0.29) is 0 Å². The summed E-state index contributed by atoms with van der Waals surface area (Å²) in [4.78, 5) is 2.36. The fourth-order valence-electron chi connectivity index (χ4n) is 2.07. The molecule has 0 unspecified atom stereocenters. The lowest BCUT2D eigenvalue weighted by Gasteiger charge is -2.23. The second-order valence-corrected chi connectivity index (χ2v) is 5.12. The molecule has 1 aromatic carbocycles. The zero-order chi connectivity index (χ0) is 11.5. The maximum atomic E-state index is 5.99. The molecule has 1 atom stereocenters. The lowest BCUT2D eigenvalue weighted by molar-refractivity contribution is 0.249. The van der Waals surface area contributed by atoms with E-state index in [4.69, 9.17) is 23.2 Å². The van der Waals surface area contributed by atoms with Gasteiger partial charge in [0.25, 0.3) is 0 Å². The van der Waals surface area contributed by atoms with Crippen molar-refractivity contribution in [1.29, 1.82) is 0 Å². The van der Waals surface area contributed by atoms with E-state index in [1.807, 2.05) is 18.2 Å². The van der Waals surface area contributed by atoms with E-state index >= 15 is 0 Å². The normalized spacial score (nSPS) is 20.6. The van der Waals surface area contributed by atoms with Gasteiger partial charge in [-0.25, -0.2) is 0 Å². The van der Waals surface area contributed by atoms with Crippen LogP contribution in [-0.4, -0.2) is 31.1 Å². The van der Waals surface area contributed by atoms with Crippen molar-refractivity contribution in [2.45, 2.75) is 19.0 Å². The van der Waals surface area contributed by atoms with Crippen LogP contribution in [0, 0.1) is 0 Å². The number of nitrogens with zero attached hydrogens (tertiary/aromatic N) is 1. The molecule has 88 valence electrons. The minimum absolute atomic E-state index is 0.621. The molecule has 1 aromatic rings. The Morgan fingerprint density at radius 3 is 2.81 bits per heavy atom. The van der Waals surface area contributed by atoms with Gasteiger partial charge in [0.1, 0.15) is 0 Å². The Hall–Kier alpha value is -0.280. The Labute approximate surface area is 107 Å². The Bertz CT molecular complexity index is 362. The van der Waals surface area contributed by atoms with Gasteiger partial charge in [0, 0.05) is 19.1 Å². The number of hydrogen-bond donors (Lipinski definition) is 1. The quantitative estimate of drug-likeness (QED) is 0.897. The van der Waals surface area contributed by atoms with E-state index in [9.17, 15) is 0 Å². The highest BCUT2D eigenvalue weighted by Gasteiger charge is 2.19. The molecule has 0 bridgehead atoms. The highest BCUT2D eigenvalue weighted by atomic mass is 35.5. The van der Waals surface area contributed by atoms with Crippen molar-refractivity contribution in [3.8, 4) is 0 Å². The third kappa shape index (κ3) is 2.89. The largest absolute Gasteiger partial charge is 0.315 e.